The molecule has 0 fully saturated rings. The third-order valence-corrected chi connectivity index (χ3v) is 2.61. The smallest absolute Gasteiger partial charge is 0.127 e. The summed E-state index contributed by atoms with van der Waals surface area (Å²) in [5.74, 6) is 0.950. The van der Waals surface area contributed by atoms with E-state index < -0.39 is 0 Å². The van der Waals surface area contributed by atoms with Crippen molar-refractivity contribution < 1.29 is 4.74 Å². The second kappa shape index (κ2) is 5.05. The molecule has 0 saturated carbocycles. The van der Waals surface area contributed by atoms with Crippen LogP contribution in [0, 0.1) is 6.92 Å². The average molecular weight is 226 g/mol. The van der Waals surface area contributed by atoms with Gasteiger partial charge in [0, 0.05) is 5.56 Å². The lowest BCUT2D eigenvalue weighted by atomic mass is 10.0. The first-order valence-electron chi connectivity index (χ1n) is 5.99. The zero-order valence-electron chi connectivity index (χ0n) is 10.6. The van der Waals surface area contributed by atoms with E-state index in [9.17, 15) is 0 Å². The molecule has 0 unspecified atom stereocenters. The minimum Gasteiger partial charge on any atom is -0.490 e. The molecule has 2 aromatic carbocycles. The monoisotopic (exact) mass is 226 g/mol. The van der Waals surface area contributed by atoms with Crippen molar-refractivity contribution in [3.05, 3.63) is 54.1 Å². The largest absolute Gasteiger partial charge is 0.490 e. The lowest BCUT2D eigenvalue weighted by Crippen LogP contribution is -2.06. The summed E-state index contributed by atoms with van der Waals surface area (Å²) in [5.41, 5.74) is 3.63. The van der Waals surface area contributed by atoms with Crippen LogP contribution in [0.25, 0.3) is 11.1 Å². The van der Waals surface area contributed by atoms with Gasteiger partial charge in [-0.3, -0.25) is 0 Å². The van der Waals surface area contributed by atoms with Gasteiger partial charge in [0.05, 0.1) is 6.10 Å². The van der Waals surface area contributed by atoms with E-state index in [0.29, 0.717) is 0 Å². The van der Waals surface area contributed by atoms with Crippen LogP contribution in [0.5, 0.6) is 5.75 Å². The summed E-state index contributed by atoms with van der Waals surface area (Å²) in [6.45, 7) is 6.19. The normalized spacial score (nSPS) is 10.6. The maximum Gasteiger partial charge on any atom is 0.127 e. The molecule has 0 heterocycles. The third kappa shape index (κ3) is 2.88. The van der Waals surface area contributed by atoms with Gasteiger partial charge in [-0.2, -0.15) is 0 Å². The first kappa shape index (κ1) is 11.7. The molecule has 0 aliphatic heterocycles. The van der Waals surface area contributed by atoms with Crippen molar-refractivity contribution in [1.29, 1.82) is 0 Å². The van der Waals surface area contributed by atoms with Crippen molar-refractivity contribution in [3.63, 3.8) is 0 Å². The maximum atomic E-state index is 5.83. The fraction of sp³-hybridized carbons (Fsp3) is 0.250. The van der Waals surface area contributed by atoms with Crippen molar-refractivity contribution in [1.82, 2.24) is 0 Å². The maximum absolute atomic E-state index is 5.83. The lowest BCUT2D eigenvalue weighted by molar-refractivity contribution is 0.243. The van der Waals surface area contributed by atoms with Gasteiger partial charge in [-0.25, -0.2) is 0 Å². The molecule has 0 saturated heterocycles. The Morgan fingerprint density at radius 3 is 2.18 bits per heavy atom. The van der Waals surface area contributed by atoms with E-state index >= 15 is 0 Å². The topological polar surface area (TPSA) is 9.23 Å². The molecular weight excluding hydrogens is 208 g/mol. The van der Waals surface area contributed by atoms with Crippen molar-refractivity contribution in [2.24, 2.45) is 0 Å². The number of hydrogen-bond acceptors (Lipinski definition) is 1. The Balaban J connectivity index is 2.40. The predicted octanol–water partition coefficient (Wildman–Crippen LogP) is 4.45. The molecular formula is C16H18O. The van der Waals surface area contributed by atoms with E-state index in [1.165, 1.54) is 11.1 Å². The zero-order chi connectivity index (χ0) is 12.3. The first-order valence-corrected chi connectivity index (χ1v) is 5.99. The van der Waals surface area contributed by atoms with Gasteiger partial charge in [0.15, 0.2) is 0 Å². The molecule has 0 spiro atoms. The highest BCUT2D eigenvalue weighted by molar-refractivity contribution is 5.70. The van der Waals surface area contributed by atoms with Crippen molar-refractivity contribution >= 4 is 0 Å². The molecule has 0 radical (unpaired) electrons. The number of para-hydroxylation sites is 1. The minimum atomic E-state index is 0.196. The third-order valence-electron chi connectivity index (χ3n) is 2.61. The molecule has 1 nitrogen and oxygen atoms in total. The van der Waals surface area contributed by atoms with E-state index in [-0.39, 0.29) is 6.10 Å². The zero-order valence-corrected chi connectivity index (χ0v) is 10.6. The SMILES string of the molecule is Cc1ccc(-c2ccccc2OC(C)C)cc1. The molecule has 0 atom stereocenters. The lowest BCUT2D eigenvalue weighted by Gasteiger charge is -2.14. The number of ether oxygens (including phenoxy) is 1. The second-order valence-corrected chi connectivity index (χ2v) is 4.53. The van der Waals surface area contributed by atoms with E-state index in [0.717, 1.165) is 11.3 Å². The van der Waals surface area contributed by atoms with Crippen LogP contribution in [0.3, 0.4) is 0 Å². The van der Waals surface area contributed by atoms with Crippen LogP contribution in [0.2, 0.25) is 0 Å². The molecule has 2 aromatic rings. The number of aryl methyl sites for hydroxylation is 1. The minimum absolute atomic E-state index is 0.196. The van der Waals surface area contributed by atoms with Crippen LogP contribution in [-0.4, -0.2) is 6.10 Å². The fourth-order valence-corrected chi connectivity index (χ4v) is 1.79. The molecule has 0 N–H and O–H groups in total. The summed E-state index contributed by atoms with van der Waals surface area (Å²) in [4.78, 5) is 0. The highest BCUT2D eigenvalue weighted by Gasteiger charge is 2.06. The van der Waals surface area contributed by atoms with Crippen molar-refractivity contribution in [3.8, 4) is 16.9 Å². The molecule has 0 aromatic heterocycles. The molecule has 0 amide bonds. The second-order valence-electron chi connectivity index (χ2n) is 4.53. The van der Waals surface area contributed by atoms with Gasteiger partial charge in [-0.1, -0.05) is 48.0 Å². The molecule has 0 bridgehead atoms. The molecule has 2 rings (SSSR count). The molecule has 17 heavy (non-hydrogen) atoms. The van der Waals surface area contributed by atoms with E-state index in [2.05, 4.69) is 37.3 Å². The van der Waals surface area contributed by atoms with Crippen molar-refractivity contribution in [2.75, 3.05) is 0 Å². The van der Waals surface area contributed by atoms with Crippen LogP contribution in [0.1, 0.15) is 19.4 Å². The molecule has 0 aliphatic rings. The number of rotatable bonds is 3. The van der Waals surface area contributed by atoms with E-state index in [1.807, 2.05) is 32.0 Å². The standard InChI is InChI=1S/C16H18O/c1-12(2)17-16-7-5-4-6-15(16)14-10-8-13(3)9-11-14/h4-12H,1-3H3. The highest BCUT2D eigenvalue weighted by Crippen LogP contribution is 2.30. The van der Waals surface area contributed by atoms with Gasteiger partial charge in [0.2, 0.25) is 0 Å². The van der Waals surface area contributed by atoms with E-state index in [1.54, 1.807) is 0 Å². The van der Waals surface area contributed by atoms with E-state index in [4.69, 9.17) is 4.74 Å². The number of benzene rings is 2. The van der Waals surface area contributed by atoms with Gasteiger partial charge in [-0.15, -0.1) is 0 Å². The predicted molar refractivity (Wildman–Crippen MR) is 72.4 cm³/mol. The van der Waals surface area contributed by atoms with Crippen LogP contribution < -0.4 is 4.74 Å². The van der Waals surface area contributed by atoms with Gasteiger partial charge in [0.1, 0.15) is 5.75 Å². The quantitative estimate of drug-likeness (QED) is 0.751. The Morgan fingerprint density at radius 2 is 1.53 bits per heavy atom. The Labute approximate surface area is 103 Å². The number of hydrogen-bond donors (Lipinski definition) is 0. The highest BCUT2D eigenvalue weighted by atomic mass is 16.5. The van der Waals surface area contributed by atoms with Gasteiger partial charge >= 0.3 is 0 Å². The van der Waals surface area contributed by atoms with Crippen molar-refractivity contribution in [2.45, 2.75) is 26.9 Å². The Kier molecular flexibility index (Phi) is 3.48. The Bertz CT molecular complexity index is 483. The van der Waals surface area contributed by atoms with Crippen LogP contribution in [-0.2, 0) is 0 Å². The summed E-state index contributed by atoms with van der Waals surface area (Å²) >= 11 is 0. The van der Waals surface area contributed by atoms with Crippen LogP contribution in [0.15, 0.2) is 48.5 Å². The van der Waals surface area contributed by atoms with Gasteiger partial charge < -0.3 is 4.74 Å². The first-order chi connectivity index (χ1) is 8.16. The summed E-state index contributed by atoms with van der Waals surface area (Å²) in [5, 5.41) is 0. The van der Waals surface area contributed by atoms with Crippen LogP contribution >= 0.6 is 0 Å². The fourth-order valence-electron chi connectivity index (χ4n) is 1.79. The average Bonchev–Trinajstić information content (AvgIpc) is 2.30. The summed E-state index contributed by atoms with van der Waals surface area (Å²) in [6.07, 6.45) is 0.196. The summed E-state index contributed by atoms with van der Waals surface area (Å²) in [6, 6.07) is 16.7. The molecule has 1 heteroatoms. The summed E-state index contributed by atoms with van der Waals surface area (Å²) in [7, 11) is 0. The molecule has 0 aliphatic carbocycles. The summed E-state index contributed by atoms with van der Waals surface area (Å²) < 4.78 is 5.83. The molecule has 88 valence electrons. The van der Waals surface area contributed by atoms with Gasteiger partial charge in [0.25, 0.3) is 0 Å². The van der Waals surface area contributed by atoms with Crippen LogP contribution in [0.4, 0.5) is 0 Å². The Morgan fingerprint density at radius 1 is 0.882 bits per heavy atom. The Hall–Kier alpha value is -1.76. The van der Waals surface area contributed by atoms with Gasteiger partial charge in [-0.05, 0) is 32.4 Å².